The van der Waals surface area contributed by atoms with E-state index in [2.05, 4.69) is 10.6 Å². The molecule has 3 rings (SSSR count). The molecule has 0 aromatic heterocycles. The molecule has 0 heterocycles. The monoisotopic (exact) mass is 344 g/mol. The highest BCUT2D eigenvalue weighted by Gasteiger charge is 2.42. The van der Waals surface area contributed by atoms with Gasteiger partial charge in [0.1, 0.15) is 0 Å². The highest BCUT2D eigenvalue weighted by Crippen LogP contribution is 2.34. The predicted molar refractivity (Wildman–Crippen MR) is 107 cm³/mol. The van der Waals surface area contributed by atoms with Gasteiger partial charge in [-0.25, -0.2) is 0 Å². The third-order valence-electron chi connectivity index (χ3n) is 4.28. The summed E-state index contributed by atoms with van der Waals surface area (Å²) in [6, 6.07) is 29.6. The molecular formula is C23H24N2O. The lowest BCUT2D eigenvalue weighted by atomic mass is 9.81. The van der Waals surface area contributed by atoms with Crippen LogP contribution in [0.5, 0.6) is 0 Å². The minimum absolute atomic E-state index is 0.0341. The normalized spacial score (nSPS) is 11.2. The first kappa shape index (κ1) is 17.7. The number of hydrogen-bond donors (Lipinski definition) is 2. The second kappa shape index (κ2) is 7.87. The van der Waals surface area contributed by atoms with Crippen molar-refractivity contribution in [2.24, 2.45) is 0 Å². The fourth-order valence-electron chi connectivity index (χ4n) is 3.11. The van der Waals surface area contributed by atoms with Gasteiger partial charge in [-0.2, -0.15) is 0 Å². The molecule has 0 aliphatic heterocycles. The summed E-state index contributed by atoms with van der Waals surface area (Å²) in [5.41, 5.74) is 1.66. The van der Waals surface area contributed by atoms with E-state index in [-0.39, 0.29) is 11.9 Å². The number of nitrogens with one attached hydrogen (secondary N) is 2. The number of hydrogen-bond acceptors (Lipinski definition) is 2. The van der Waals surface area contributed by atoms with E-state index in [9.17, 15) is 4.79 Å². The highest BCUT2D eigenvalue weighted by atomic mass is 16.2. The SMILES string of the molecule is CC(C)NC(=O)C(Nc1ccccc1)(c1ccccc1)c1ccccc1. The van der Waals surface area contributed by atoms with E-state index in [4.69, 9.17) is 0 Å². The molecule has 0 fully saturated rings. The molecule has 0 aliphatic rings. The van der Waals surface area contributed by atoms with Crippen LogP contribution in [0.25, 0.3) is 0 Å². The van der Waals surface area contributed by atoms with Crippen LogP contribution in [0.15, 0.2) is 91.0 Å². The molecule has 3 heteroatoms. The maximum Gasteiger partial charge on any atom is 0.255 e. The van der Waals surface area contributed by atoms with Crippen molar-refractivity contribution in [1.29, 1.82) is 0 Å². The first-order valence-electron chi connectivity index (χ1n) is 8.88. The molecule has 0 radical (unpaired) electrons. The van der Waals surface area contributed by atoms with Crippen LogP contribution in [0.4, 0.5) is 5.69 Å². The Hall–Kier alpha value is -3.07. The Labute approximate surface area is 155 Å². The molecule has 0 unspecified atom stereocenters. The zero-order valence-electron chi connectivity index (χ0n) is 15.1. The minimum Gasteiger partial charge on any atom is -0.364 e. The third kappa shape index (κ3) is 3.62. The van der Waals surface area contributed by atoms with Crippen LogP contribution < -0.4 is 10.6 Å². The maximum absolute atomic E-state index is 13.5. The molecule has 2 N–H and O–H groups in total. The van der Waals surface area contributed by atoms with E-state index in [1.54, 1.807) is 0 Å². The van der Waals surface area contributed by atoms with E-state index in [0.29, 0.717) is 0 Å². The van der Waals surface area contributed by atoms with Crippen molar-refractivity contribution in [3.63, 3.8) is 0 Å². The van der Waals surface area contributed by atoms with Gasteiger partial charge < -0.3 is 10.6 Å². The third-order valence-corrected chi connectivity index (χ3v) is 4.28. The Kier molecular flexibility index (Phi) is 5.37. The van der Waals surface area contributed by atoms with Gasteiger partial charge in [0.05, 0.1) is 0 Å². The standard InChI is InChI=1S/C23H24N2O/c1-18(2)24-22(26)23(19-12-6-3-7-13-19,20-14-8-4-9-15-20)25-21-16-10-5-11-17-21/h3-18,25H,1-2H3,(H,24,26). The lowest BCUT2D eigenvalue weighted by Gasteiger charge is -2.36. The second-order valence-electron chi connectivity index (χ2n) is 6.60. The summed E-state index contributed by atoms with van der Waals surface area (Å²) in [5.74, 6) is -0.0752. The molecule has 0 saturated heterocycles. The van der Waals surface area contributed by atoms with Gasteiger partial charge in [-0.3, -0.25) is 4.79 Å². The van der Waals surface area contributed by atoms with Crippen LogP contribution in [0.3, 0.4) is 0 Å². The molecule has 0 atom stereocenters. The van der Waals surface area contributed by atoms with Crippen LogP contribution in [0.2, 0.25) is 0 Å². The van der Waals surface area contributed by atoms with E-state index in [0.717, 1.165) is 16.8 Å². The molecule has 1 amide bonds. The minimum atomic E-state index is -1.02. The summed E-state index contributed by atoms with van der Waals surface area (Å²) in [4.78, 5) is 13.5. The van der Waals surface area contributed by atoms with E-state index in [1.165, 1.54) is 0 Å². The average Bonchev–Trinajstić information content (AvgIpc) is 2.68. The Morgan fingerprint density at radius 2 is 1.15 bits per heavy atom. The van der Waals surface area contributed by atoms with Gasteiger partial charge in [-0.1, -0.05) is 78.9 Å². The van der Waals surface area contributed by atoms with Crippen LogP contribution in [0.1, 0.15) is 25.0 Å². The summed E-state index contributed by atoms with van der Waals surface area (Å²) < 4.78 is 0. The van der Waals surface area contributed by atoms with Crippen molar-refractivity contribution < 1.29 is 4.79 Å². The van der Waals surface area contributed by atoms with Crippen molar-refractivity contribution in [1.82, 2.24) is 5.32 Å². The molecule has 3 nitrogen and oxygen atoms in total. The number of amides is 1. The van der Waals surface area contributed by atoms with E-state index >= 15 is 0 Å². The quantitative estimate of drug-likeness (QED) is 0.688. The van der Waals surface area contributed by atoms with Gasteiger partial charge in [0.2, 0.25) is 0 Å². The number of carbonyl (C=O) groups excluding carboxylic acids is 1. The number of anilines is 1. The molecule has 3 aromatic rings. The first-order valence-corrected chi connectivity index (χ1v) is 8.88. The van der Waals surface area contributed by atoms with Crippen LogP contribution >= 0.6 is 0 Å². The van der Waals surface area contributed by atoms with Gasteiger partial charge in [0.25, 0.3) is 5.91 Å². The van der Waals surface area contributed by atoms with Gasteiger partial charge >= 0.3 is 0 Å². The van der Waals surface area contributed by atoms with Crippen LogP contribution in [0, 0.1) is 0 Å². The summed E-state index contributed by atoms with van der Waals surface area (Å²) in [7, 11) is 0. The number of carbonyl (C=O) groups is 1. The van der Waals surface area contributed by atoms with Crippen molar-refractivity contribution >= 4 is 11.6 Å². The number of para-hydroxylation sites is 1. The molecular weight excluding hydrogens is 320 g/mol. The van der Waals surface area contributed by atoms with Crippen molar-refractivity contribution in [2.75, 3.05) is 5.32 Å². The Morgan fingerprint density at radius 1 is 0.731 bits per heavy atom. The Balaban J connectivity index is 2.21. The molecule has 132 valence electrons. The van der Waals surface area contributed by atoms with Gasteiger partial charge in [0.15, 0.2) is 5.54 Å². The lowest BCUT2D eigenvalue weighted by Crippen LogP contribution is -2.52. The van der Waals surface area contributed by atoms with Crippen molar-refractivity contribution in [3.8, 4) is 0 Å². The zero-order chi connectivity index (χ0) is 18.4. The van der Waals surface area contributed by atoms with Gasteiger partial charge in [0, 0.05) is 11.7 Å². The first-order chi connectivity index (χ1) is 12.6. The van der Waals surface area contributed by atoms with E-state index in [1.807, 2.05) is 105 Å². The number of benzene rings is 3. The second-order valence-corrected chi connectivity index (χ2v) is 6.60. The molecule has 0 spiro atoms. The highest BCUT2D eigenvalue weighted by molar-refractivity contribution is 5.94. The molecule has 0 bridgehead atoms. The largest absolute Gasteiger partial charge is 0.364 e. The zero-order valence-corrected chi connectivity index (χ0v) is 15.1. The van der Waals surface area contributed by atoms with Crippen molar-refractivity contribution in [3.05, 3.63) is 102 Å². The van der Waals surface area contributed by atoms with Gasteiger partial charge in [-0.05, 0) is 37.1 Å². The maximum atomic E-state index is 13.5. The van der Waals surface area contributed by atoms with Crippen LogP contribution in [-0.4, -0.2) is 11.9 Å². The molecule has 0 aliphatic carbocycles. The Morgan fingerprint density at radius 3 is 1.58 bits per heavy atom. The topological polar surface area (TPSA) is 41.1 Å². The number of rotatable bonds is 6. The summed E-state index contributed by atoms with van der Waals surface area (Å²) in [6.45, 7) is 3.95. The van der Waals surface area contributed by atoms with Crippen LogP contribution in [-0.2, 0) is 10.3 Å². The summed E-state index contributed by atoms with van der Waals surface area (Å²) in [5, 5.41) is 6.62. The molecule has 0 saturated carbocycles. The van der Waals surface area contributed by atoms with Gasteiger partial charge in [-0.15, -0.1) is 0 Å². The molecule has 26 heavy (non-hydrogen) atoms. The Bertz CT molecular complexity index is 790. The molecule has 3 aromatic carbocycles. The fourth-order valence-corrected chi connectivity index (χ4v) is 3.11. The smallest absolute Gasteiger partial charge is 0.255 e. The summed E-state index contributed by atoms with van der Waals surface area (Å²) >= 11 is 0. The summed E-state index contributed by atoms with van der Waals surface area (Å²) in [6.07, 6.45) is 0. The predicted octanol–water partition coefficient (Wildman–Crippen LogP) is 4.57. The van der Waals surface area contributed by atoms with Crippen molar-refractivity contribution in [2.45, 2.75) is 25.4 Å². The lowest BCUT2D eigenvalue weighted by molar-refractivity contribution is -0.125. The van der Waals surface area contributed by atoms with E-state index < -0.39 is 5.54 Å². The average molecular weight is 344 g/mol. The fraction of sp³-hybridized carbons (Fsp3) is 0.174.